The Hall–Kier alpha value is -2.33. The molecule has 0 bridgehead atoms. The van der Waals surface area contributed by atoms with E-state index in [4.69, 9.17) is 4.74 Å². The molecule has 0 saturated heterocycles. The van der Waals surface area contributed by atoms with Crippen molar-refractivity contribution in [3.05, 3.63) is 64.5 Å². The van der Waals surface area contributed by atoms with Gasteiger partial charge >= 0.3 is 5.97 Å². The van der Waals surface area contributed by atoms with Gasteiger partial charge in [-0.1, -0.05) is 49.4 Å². The number of carbonyl (C=O) groups is 1. The molecule has 0 radical (unpaired) electrons. The zero-order chi connectivity index (χ0) is 18.5. The zero-order valence-corrected chi connectivity index (χ0v) is 16.4. The molecule has 0 spiro atoms. The van der Waals surface area contributed by atoms with E-state index in [1.807, 2.05) is 13.0 Å². The quantitative estimate of drug-likeness (QED) is 0.530. The summed E-state index contributed by atoms with van der Waals surface area (Å²) in [5.41, 5.74) is 1.92. The van der Waals surface area contributed by atoms with Crippen LogP contribution in [0, 0.1) is 0 Å². The monoisotopic (exact) mass is 367 g/mol. The molecule has 1 N–H and O–H groups in total. The lowest BCUT2D eigenvalue weighted by atomic mass is 10.0. The molecule has 0 amide bonds. The van der Waals surface area contributed by atoms with Gasteiger partial charge in [0.25, 0.3) is 0 Å². The van der Waals surface area contributed by atoms with E-state index in [1.54, 1.807) is 11.3 Å². The second kappa shape index (κ2) is 8.37. The molecular weight excluding hydrogens is 342 g/mol. The van der Waals surface area contributed by atoms with Crippen molar-refractivity contribution in [3.8, 4) is 0 Å². The lowest BCUT2D eigenvalue weighted by Crippen LogP contribution is -2.15. The number of benzene rings is 2. The smallest absolute Gasteiger partial charge is 0.341 e. The van der Waals surface area contributed by atoms with Gasteiger partial charge in [0.05, 0.1) is 12.2 Å². The Labute approximate surface area is 159 Å². The van der Waals surface area contributed by atoms with Crippen LogP contribution in [0.5, 0.6) is 0 Å². The number of nitrogens with one attached hydrogen (secondary N) is 1. The molecule has 3 rings (SSSR count). The number of fused-ring (bicyclic) bond motifs is 1. The highest BCUT2D eigenvalue weighted by Gasteiger charge is 2.19. The van der Waals surface area contributed by atoms with Crippen molar-refractivity contribution >= 4 is 33.1 Å². The summed E-state index contributed by atoms with van der Waals surface area (Å²) in [6.07, 6.45) is 1.80. The Balaban J connectivity index is 1.94. The fourth-order valence-corrected chi connectivity index (χ4v) is 4.14. The number of carbonyl (C=O) groups excluding carboxylic acids is 1. The fourth-order valence-electron chi connectivity index (χ4n) is 2.96. The first-order valence-electron chi connectivity index (χ1n) is 9.15. The van der Waals surface area contributed by atoms with Crippen molar-refractivity contribution in [2.75, 3.05) is 11.9 Å². The molecule has 0 saturated carbocycles. The van der Waals surface area contributed by atoms with Gasteiger partial charge in [-0.3, -0.25) is 0 Å². The van der Waals surface area contributed by atoms with Crippen molar-refractivity contribution < 1.29 is 9.53 Å². The largest absolute Gasteiger partial charge is 0.462 e. The predicted molar refractivity (Wildman–Crippen MR) is 110 cm³/mol. The Morgan fingerprint density at radius 3 is 2.69 bits per heavy atom. The highest BCUT2D eigenvalue weighted by molar-refractivity contribution is 7.16. The van der Waals surface area contributed by atoms with Crippen LogP contribution in [-0.2, 0) is 11.2 Å². The zero-order valence-electron chi connectivity index (χ0n) is 15.5. The third-order valence-corrected chi connectivity index (χ3v) is 5.58. The van der Waals surface area contributed by atoms with Crippen LogP contribution in [0.25, 0.3) is 10.8 Å². The van der Waals surface area contributed by atoms with Crippen LogP contribution in [0.1, 0.15) is 48.0 Å². The van der Waals surface area contributed by atoms with E-state index < -0.39 is 0 Å². The molecule has 4 heteroatoms. The molecule has 3 aromatic rings. The Kier molecular flexibility index (Phi) is 5.94. The topological polar surface area (TPSA) is 38.3 Å². The van der Waals surface area contributed by atoms with Gasteiger partial charge in [-0.2, -0.15) is 0 Å². The number of hydrogen-bond acceptors (Lipinski definition) is 4. The van der Waals surface area contributed by atoms with Gasteiger partial charge in [0.1, 0.15) is 5.00 Å². The summed E-state index contributed by atoms with van der Waals surface area (Å²) >= 11 is 1.65. The number of esters is 1. The molecule has 0 aliphatic heterocycles. The maximum atomic E-state index is 12.4. The number of thiophene rings is 1. The lowest BCUT2D eigenvalue weighted by molar-refractivity contribution is 0.0528. The minimum atomic E-state index is -0.251. The molecule has 0 aliphatic rings. The number of anilines is 1. The summed E-state index contributed by atoms with van der Waals surface area (Å²) in [7, 11) is 0. The SMILES string of the molecule is CCOC(=O)c1cc(Cc2cccc3ccccc23)sc1NC(C)CC. The number of rotatable bonds is 7. The minimum Gasteiger partial charge on any atom is -0.462 e. The minimum absolute atomic E-state index is 0.251. The summed E-state index contributed by atoms with van der Waals surface area (Å²) in [6.45, 7) is 6.48. The summed E-state index contributed by atoms with van der Waals surface area (Å²) < 4.78 is 5.25. The predicted octanol–water partition coefficient (Wildman–Crippen LogP) is 5.88. The second-order valence-electron chi connectivity index (χ2n) is 6.44. The van der Waals surface area contributed by atoms with Crippen LogP contribution in [-0.4, -0.2) is 18.6 Å². The van der Waals surface area contributed by atoms with Crippen LogP contribution in [0.15, 0.2) is 48.5 Å². The first kappa shape index (κ1) is 18.5. The van der Waals surface area contributed by atoms with Gasteiger partial charge in [-0.15, -0.1) is 11.3 Å². The molecule has 1 atom stereocenters. The normalized spacial score (nSPS) is 12.1. The molecule has 1 aromatic heterocycles. The Morgan fingerprint density at radius 2 is 1.92 bits per heavy atom. The summed E-state index contributed by atoms with van der Waals surface area (Å²) in [6, 6.07) is 17.1. The molecule has 0 aliphatic carbocycles. The van der Waals surface area contributed by atoms with Crippen molar-refractivity contribution in [3.63, 3.8) is 0 Å². The first-order chi connectivity index (χ1) is 12.6. The van der Waals surface area contributed by atoms with Gasteiger partial charge < -0.3 is 10.1 Å². The first-order valence-corrected chi connectivity index (χ1v) is 9.97. The van der Waals surface area contributed by atoms with Gasteiger partial charge in [-0.05, 0) is 42.7 Å². The molecular formula is C22H25NO2S. The molecule has 0 fully saturated rings. The lowest BCUT2D eigenvalue weighted by Gasteiger charge is -2.12. The third kappa shape index (κ3) is 4.07. The Morgan fingerprint density at radius 1 is 1.15 bits per heavy atom. The molecule has 1 heterocycles. The van der Waals surface area contributed by atoms with E-state index in [0.717, 1.165) is 22.7 Å². The highest BCUT2D eigenvalue weighted by Crippen LogP contribution is 2.32. The summed E-state index contributed by atoms with van der Waals surface area (Å²) in [5.74, 6) is -0.251. The van der Waals surface area contributed by atoms with E-state index in [9.17, 15) is 4.79 Å². The number of hydrogen-bond donors (Lipinski definition) is 1. The van der Waals surface area contributed by atoms with E-state index >= 15 is 0 Å². The molecule has 3 nitrogen and oxygen atoms in total. The number of ether oxygens (including phenoxy) is 1. The Bertz CT molecular complexity index is 895. The molecule has 2 aromatic carbocycles. The van der Waals surface area contributed by atoms with Crippen LogP contribution >= 0.6 is 11.3 Å². The second-order valence-corrected chi connectivity index (χ2v) is 7.58. The van der Waals surface area contributed by atoms with Crippen molar-refractivity contribution in [2.24, 2.45) is 0 Å². The van der Waals surface area contributed by atoms with Crippen molar-refractivity contribution in [2.45, 2.75) is 39.7 Å². The molecule has 1 unspecified atom stereocenters. The van der Waals surface area contributed by atoms with Crippen LogP contribution < -0.4 is 5.32 Å². The van der Waals surface area contributed by atoms with E-state index in [1.165, 1.54) is 16.3 Å². The molecule has 136 valence electrons. The van der Waals surface area contributed by atoms with Gasteiger partial charge in [0.2, 0.25) is 0 Å². The van der Waals surface area contributed by atoms with E-state index in [0.29, 0.717) is 18.2 Å². The maximum absolute atomic E-state index is 12.4. The third-order valence-electron chi connectivity index (χ3n) is 4.51. The van der Waals surface area contributed by atoms with Crippen LogP contribution in [0.3, 0.4) is 0 Å². The van der Waals surface area contributed by atoms with Gasteiger partial charge in [0.15, 0.2) is 0 Å². The standard InChI is InChI=1S/C22H25NO2S/c1-4-15(3)23-21-20(22(24)25-5-2)14-18(26-21)13-17-11-8-10-16-9-6-7-12-19(16)17/h6-12,14-15,23H,4-5,13H2,1-3H3. The van der Waals surface area contributed by atoms with Crippen molar-refractivity contribution in [1.82, 2.24) is 0 Å². The van der Waals surface area contributed by atoms with E-state index in [2.05, 4.69) is 61.6 Å². The van der Waals surface area contributed by atoms with E-state index in [-0.39, 0.29) is 5.97 Å². The highest BCUT2D eigenvalue weighted by atomic mass is 32.1. The average molecular weight is 368 g/mol. The van der Waals surface area contributed by atoms with Crippen LogP contribution in [0.4, 0.5) is 5.00 Å². The van der Waals surface area contributed by atoms with Crippen LogP contribution in [0.2, 0.25) is 0 Å². The summed E-state index contributed by atoms with van der Waals surface area (Å²) in [4.78, 5) is 13.5. The molecule has 26 heavy (non-hydrogen) atoms. The summed E-state index contributed by atoms with van der Waals surface area (Å²) in [5, 5.41) is 6.87. The maximum Gasteiger partial charge on any atom is 0.341 e. The van der Waals surface area contributed by atoms with Gasteiger partial charge in [0, 0.05) is 17.3 Å². The average Bonchev–Trinajstić information content (AvgIpc) is 3.04. The fraction of sp³-hybridized carbons (Fsp3) is 0.318. The van der Waals surface area contributed by atoms with Crippen molar-refractivity contribution in [1.29, 1.82) is 0 Å². The van der Waals surface area contributed by atoms with Gasteiger partial charge in [-0.25, -0.2) is 4.79 Å².